The highest BCUT2D eigenvalue weighted by molar-refractivity contribution is 6.36. The average Bonchev–Trinajstić information content (AvgIpc) is 3.40. The number of hydrogen-bond donors (Lipinski definition) is 0. The summed E-state index contributed by atoms with van der Waals surface area (Å²) in [5.41, 5.74) is 4.34. The van der Waals surface area contributed by atoms with Crippen molar-refractivity contribution in [1.29, 1.82) is 0 Å². The number of rotatable bonds is 3. The minimum Gasteiger partial charge on any atom is -0.456 e. The third-order valence-corrected chi connectivity index (χ3v) is 7.73. The average molecular weight is 534 g/mol. The maximum Gasteiger partial charge on any atom is 0.164 e. The van der Waals surface area contributed by atoms with E-state index in [0.717, 1.165) is 54.8 Å². The Labute approximate surface area is 234 Å². The van der Waals surface area contributed by atoms with E-state index in [-0.39, 0.29) is 0 Å². The minimum absolute atomic E-state index is 0.587. The predicted octanol–water partition coefficient (Wildman–Crippen LogP) is 9.73. The van der Waals surface area contributed by atoms with Crippen LogP contribution in [-0.2, 0) is 0 Å². The number of para-hydroxylation sites is 1. The van der Waals surface area contributed by atoms with Crippen LogP contribution in [0.4, 0.5) is 0 Å². The molecule has 0 bridgehead atoms. The molecule has 0 amide bonds. The maximum absolute atomic E-state index is 6.57. The van der Waals surface area contributed by atoms with Crippen molar-refractivity contribution < 1.29 is 4.42 Å². The second-order valence-corrected chi connectivity index (χ2v) is 10.2. The molecule has 0 unspecified atom stereocenters. The SMILES string of the molecule is Clc1ccc(-c2nc(-c3ccc4ccccc4c3)nc(-c3cccc4oc5ccccc5c34)n2)c2ccccc12. The van der Waals surface area contributed by atoms with Crippen molar-refractivity contribution in [1.82, 2.24) is 15.0 Å². The van der Waals surface area contributed by atoms with Gasteiger partial charge in [0.05, 0.1) is 0 Å². The van der Waals surface area contributed by atoms with E-state index in [2.05, 4.69) is 42.5 Å². The fourth-order valence-corrected chi connectivity index (χ4v) is 5.72. The van der Waals surface area contributed by atoms with Crippen molar-refractivity contribution in [2.75, 3.05) is 0 Å². The summed E-state index contributed by atoms with van der Waals surface area (Å²) in [4.78, 5) is 15.1. The Balaban J connectivity index is 1.44. The van der Waals surface area contributed by atoms with Crippen LogP contribution in [0.5, 0.6) is 0 Å². The van der Waals surface area contributed by atoms with Crippen LogP contribution in [0.15, 0.2) is 126 Å². The standard InChI is InChI=1S/C35H20ClN3O/c36-29-19-18-26(24-10-3-4-11-25(24)29)34-37-33(23-17-16-21-8-1-2-9-22(21)20-23)38-35(39-34)28-13-7-15-31-32(28)27-12-5-6-14-30(27)40-31/h1-20H. The highest BCUT2D eigenvalue weighted by atomic mass is 35.5. The van der Waals surface area contributed by atoms with E-state index >= 15 is 0 Å². The third kappa shape index (κ3) is 3.65. The van der Waals surface area contributed by atoms with Crippen molar-refractivity contribution in [2.24, 2.45) is 0 Å². The lowest BCUT2D eigenvalue weighted by Gasteiger charge is -2.12. The zero-order valence-electron chi connectivity index (χ0n) is 21.2. The van der Waals surface area contributed by atoms with Gasteiger partial charge in [-0.25, -0.2) is 15.0 Å². The summed E-state index contributed by atoms with van der Waals surface area (Å²) in [6.07, 6.45) is 0. The van der Waals surface area contributed by atoms with Crippen LogP contribution in [0.1, 0.15) is 0 Å². The Hall–Kier alpha value is -5.06. The van der Waals surface area contributed by atoms with Crippen molar-refractivity contribution in [3.05, 3.63) is 126 Å². The second-order valence-electron chi connectivity index (χ2n) is 9.79. The van der Waals surface area contributed by atoms with Crippen LogP contribution in [0.3, 0.4) is 0 Å². The maximum atomic E-state index is 6.57. The van der Waals surface area contributed by atoms with Crippen molar-refractivity contribution in [3.8, 4) is 34.2 Å². The van der Waals surface area contributed by atoms with Gasteiger partial charge >= 0.3 is 0 Å². The molecule has 0 aliphatic rings. The van der Waals surface area contributed by atoms with Gasteiger partial charge in [-0.3, -0.25) is 0 Å². The molecule has 0 radical (unpaired) electrons. The van der Waals surface area contributed by atoms with Crippen LogP contribution in [0, 0.1) is 0 Å². The number of furan rings is 1. The van der Waals surface area contributed by atoms with Gasteiger partial charge in [-0.05, 0) is 46.5 Å². The fourth-order valence-electron chi connectivity index (χ4n) is 5.49. The smallest absolute Gasteiger partial charge is 0.164 e. The molecule has 0 fully saturated rings. The lowest BCUT2D eigenvalue weighted by atomic mass is 10.0. The molecule has 2 heterocycles. The first-order valence-corrected chi connectivity index (χ1v) is 13.4. The van der Waals surface area contributed by atoms with Gasteiger partial charge in [0.1, 0.15) is 11.2 Å². The van der Waals surface area contributed by atoms with Crippen LogP contribution in [-0.4, -0.2) is 15.0 Å². The van der Waals surface area contributed by atoms with E-state index in [9.17, 15) is 0 Å². The zero-order chi connectivity index (χ0) is 26.6. The topological polar surface area (TPSA) is 51.8 Å². The molecule has 0 atom stereocenters. The van der Waals surface area contributed by atoms with Gasteiger partial charge < -0.3 is 4.42 Å². The molecule has 5 heteroatoms. The monoisotopic (exact) mass is 533 g/mol. The highest BCUT2D eigenvalue weighted by Crippen LogP contribution is 2.38. The summed E-state index contributed by atoms with van der Waals surface area (Å²) in [6, 6.07) is 40.6. The fraction of sp³-hybridized carbons (Fsp3) is 0. The minimum atomic E-state index is 0.587. The van der Waals surface area contributed by atoms with Crippen LogP contribution in [0.2, 0.25) is 5.02 Å². The Morgan fingerprint density at radius 3 is 2.02 bits per heavy atom. The first-order chi connectivity index (χ1) is 19.7. The summed E-state index contributed by atoms with van der Waals surface area (Å²) in [5, 5.41) is 6.95. The van der Waals surface area contributed by atoms with E-state index < -0.39 is 0 Å². The van der Waals surface area contributed by atoms with Gasteiger partial charge in [0.2, 0.25) is 0 Å². The van der Waals surface area contributed by atoms with Gasteiger partial charge in [0, 0.05) is 37.9 Å². The molecule has 0 saturated carbocycles. The van der Waals surface area contributed by atoms with Gasteiger partial charge in [0.15, 0.2) is 17.5 Å². The number of hydrogen-bond acceptors (Lipinski definition) is 4. The van der Waals surface area contributed by atoms with E-state index in [0.29, 0.717) is 22.5 Å². The van der Waals surface area contributed by atoms with Crippen LogP contribution < -0.4 is 0 Å². The summed E-state index contributed by atoms with van der Waals surface area (Å²) in [5.74, 6) is 1.78. The van der Waals surface area contributed by atoms with Crippen LogP contribution in [0.25, 0.3) is 77.6 Å². The van der Waals surface area contributed by atoms with Gasteiger partial charge in [-0.1, -0.05) is 103 Å². The molecule has 8 aromatic rings. The first kappa shape index (κ1) is 22.9. The molecule has 0 saturated heterocycles. The van der Waals surface area contributed by atoms with Crippen molar-refractivity contribution in [2.45, 2.75) is 0 Å². The van der Waals surface area contributed by atoms with E-state index in [1.165, 1.54) is 5.39 Å². The highest BCUT2D eigenvalue weighted by Gasteiger charge is 2.19. The lowest BCUT2D eigenvalue weighted by Crippen LogP contribution is -2.01. The molecule has 4 nitrogen and oxygen atoms in total. The second kappa shape index (κ2) is 9.01. The number of fused-ring (bicyclic) bond motifs is 5. The van der Waals surface area contributed by atoms with E-state index in [1.807, 2.05) is 78.9 Å². The van der Waals surface area contributed by atoms with Gasteiger partial charge in [-0.15, -0.1) is 0 Å². The first-order valence-electron chi connectivity index (χ1n) is 13.1. The molecular weight excluding hydrogens is 514 g/mol. The number of halogens is 1. The number of nitrogens with zero attached hydrogens (tertiary/aromatic N) is 3. The largest absolute Gasteiger partial charge is 0.456 e. The van der Waals surface area contributed by atoms with Crippen molar-refractivity contribution >= 4 is 55.1 Å². The molecule has 40 heavy (non-hydrogen) atoms. The van der Waals surface area contributed by atoms with Gasteiger partial charge in [0.25, 0.3) is 0 Å². The molecule has 0 N–H and O–H groups in total. The Bertz CT molecular complexity index is 2250. The van der Waals surface area contributed by atoms with Crippen molar-refractivity contribution in [3.63, 3.8) is 0 Å². The molecule has 8 rings (SSSR count). The summed E-state index contributed by atoms with van der Waals surface area (Å²) in [6.45, 7) is 0. The normalized spacial score (nSPS) is 11.6. The zero-order valence-corrected chi connectivity index (χ0v) is 21.9. The molecule has 6 aromatic carbocycles. The Morgan fingerprint density at radius 1 is 0.475 bits per heavy atom. The van der Waals surface area contributed by atoms with E-state index in [1.54, 1.807) is 0 Å². The summed E-state index contributed by atoms with van der Waals surface area (Å²) < 4.78 is 6.18. The summed E-state index contributed by atoms with van der Waals surface area (Å²) in [7, 11) is 0. The molecule has 0 aliphatic heterocycles. The summed E-state index contributed by atoms with van der Waals surface area (Å²) >= 11 is 6.57. The van der Waals surface area contributed by atoms with Crippen LogP contribution >= 0.6 is 11.6 Å². The molecular formula is C35H20ClN3O. The van der Waals surface area contributed by atoms with Gasteiger partial charge in [-0.2, -0.15) is 0 Å². The third-order valence-electron chi connectivity index (χ3n) is 7.40. The molecule has 0 spiro atoms. The Morgan fingerprint density at radius 2 is 1.15 bits per heavy atom. The molecule has 2 aromatic heterocycles. The lowest BCUT2D eigenvalue weighted by molar-refractivity contribution is 0.669. The Kier molecular flexibility index (Phi) is 5.15. The molecule has 0 aliphatic carbocycles. The number of aromatic nitrogens is 3. The predicted molar refractivity (Wildman–Crippen MR) is 163 cm³/mol. The molecule has 188 valence electrons. The van der Waals surface area contributed by atoms with E-state index in [4.69, 9.17) is 31.0 Å². The quantitative estimate of drug-likeness (QED) is 0.227. The number of benzene rings is 6.